The zero-order valence-electron chi connectivity index (χ0n) is 42.7. The van der Waals surface area contributed by atoms with Gasteiger partial charge in [-0.25, -0.2) is 0 Å². The summed E-state index contributed by atoms with van der Waals surface area (Å²) in [6.07, 6.45) is 44.2. The summed E-state index contributed by atoms with van der Waals surface area (Å²) in [5, 5.41) is 2.69. The maximum Gasteiger partial charge on any atom is -0.00601 e. The average Bonchev–Trinajstić information content (AvgIpc) is 3.29. The summed E-state index contributed by atoms with van der Waals surface area (Å²) in [7, 11) is -0.235. The van der Waals surface area contributed by atoms with Gasteiger partial charge in [0.25, 0.3) is 0 Å². The molecule has 0 saturated heterocycles. The van der Waals surface area contributed by atoms with Gasteiger partial charge in [0.15, 0.2) is 0 Å². The molecule has 362 valence electrons. The predicted octanol–water partition coefficient (Wildman–Crippen LogP) is 18.2. The van der Waals surface area contributed by atoms with Crippen LogP contribution in [0.2, 0.25) is 0 Å². The van der Waals surface area contributed by atoms with E-state index < -0.39 is 0 Å². The minimum absolute atomic E-state index is 0.118. The van der Waals surface area contributed by atoms with Crippen LogP contribution in [0.5, 0.6) is 0 Å². The molecule has 2 heteroatoms. The number of benzene rings is 3. The van der Waals surface area contributed by atoms with Gasteiger partial charge in [0, 0.05) is 0 Å². The van der Waals surface area contributed by atoms with Crippen molar-refractivity contribution >= 4 is 15.8 Å². The van der Waals surface area contributed by atoms with Crippen LogP contribution in [0.3, 0.4) is 0 Å². The molecule has 0 aliphatic heterocycles. The van der Waals surface area contributed by atoms with Crippen LogP contribution in [0.15, 0.2) is 72.8 Å². The second-order valence-corrected chi connectivity index (χ2v) is 35.3. The minimum Gasteiger partial charge on any atom is -0.0894 e. The molecule has 0 aromatic heterocycles. The quantitative estimate of drug-likeness (QED) is 0.141. The first kappa shape index (κ1) is 44.0. The Hall–Kier alpha value is -1.48. The molecule has 16 bridgehead atoms. The van der Waals surface area contributed by atoms with Gasteiger partial charge in [-0.3, -0.25) is 0 Å². The van der Waals surface area contributed by atoms with E-state index in [1.165, 1.54) is 23.5 Å². The largest absolute Gasteiger partial charge is 0.0894 e. The van der Waals surface area contributed by atoms with E-state index in [0.717, 1.165) is 83.9 Å². The second-order valence-electron chi connectivity index (χ2n) is 29.2. The summed E-state index contributed by atoms with van der Waals surface area (Å²) in [6.45, 7) is 5.31. The van der Waals surface area contributed by atoms with Crippen molar-refractivity contribution in [3.05, 3.63) is 106 Å². The van der Waals surface area contributed by atoms with Crippen molar-refractivity contribution in [2.24, 2.45) is 71.0 Å². The fraction of sp³-hybridized carbons (Fsp3) is 0.727. The van der Waals surface area contributed by atoms with Crippen LogP contribution < -0.4 is 0 Å². The lowest BCUT2D eigenvalue weighted by Crippen LogP contribution is -2.57. The van der Waals surface area contributed by atoms with Gasteiger partial charge in [0.1, 0.15) is 0 Å². The van der Waals surface area contributed by atoms with Crippen molar-refractivity contribution in [3.63, 3.8) is 0 Å². The van der Waals surface area contributed by atoms with Crippen LogP contribution in [0.25, 0.3) is 0 Å². The summed E-state index contributed by atoms with van der Waals surface area (Å²) in [5.74, 6) is 13.7. The Balaban J connectivity index is 0.910. The molecule has 3 aromatic carbocycles. The molecule has 16 fully saturated rings. The summed E-state index contributed by atoms with van der Waals surface area (Å²) in [5.41, 5.74) is 10.5. The summed E-state index contributed by atoms with van der Waals surface area (Å²) in [4.78, 5) is 0. The molecule has 3 aromatic rings. The first-order chi connectivity index (χ1) is 33.1. The SMILES string of the molecule is CC(Cc1ccccc1)c1cc(CP(C23CC4CC(CC(C4)C2)C3)C23CC4CC(CC(C4)C2)C3)c(CP(C23CC4CC(CC(C4)C2)C3)C23CC4CC(CC(C4)C2)C3)cc1C(C)Cc1ccccc1. The Bertz CT molecular complexity index is 1960. The van der Waals surface area contributed by atoms with Crippen LogP contribution in [0.1, 0.15) is 213 Å². The van der Waals surface area contributed by atoms with Gasteiger partial charge in [0.05, 0.1) is 0 Å². The Kier molecular flexibility index (Phi) is 10.7. The molecule has 19 rings (SSSR count). The Morgan fingerprint density at radius 3 is 0.794 bits per heavy atom. The van der Waals surface area contributed by atoms with Crippen molar-refractivity contribution < 1.29 is 0 Å². The lowest BCUT2D eigenvalue weighted by Gasteiger charge is -2.68. The number of rotatable bonds is 14. The highest BCUT2D eigenvalue weighted by Crippen LogP contribution is 2.82. The van der Waals surface area contributed by atoms with Gasteiger partial charge in [-0.2, -0.15) is 0 Å². The number of hydrogen-bond donors (Lipinski definition) is 0. The van der Waals surface area contributed by atoms with Crippen molar-refractivity contribution in [1.29, 1.82) is 0 Å². The van der Waals surface area contributed by atoms with E-state index >= 15 is 0 Å². The summed E-state index contributed by atoms with van der Waals surface area (Å²) >= 11 is 0. The molecule has 2 atom stereocenters. The molecule has 2 unspecified atom stereocenters. The van der Waals surface area contributed by atoms with Gasteiger partial charge in [0.2, 0.25) is 0 Å². The first-order valence-corrected chi connectivity index (χ1v) is 33.0. The molecule has 0 radical (unpaired) electrons. The van der Waals surface area contributed by atoms with E-state index in [4.69, 9.17) is 0 Å². The van der Waals surface area contributed by atoms with Crippen LogP contribution in [0.4, 0.5) is 0 Å². The zero-order valence-corrected chi connectivity index (χ0v) is 44.5. The van der Waals surface area contributed by atoms with Gasteiger partial charge < -0.3 is 0 Å². The normalized spacial score (nSPS) is 45.8. The van der Waals surface area contributed by atoms with Gasteiger partial charge >= 0.3 is 0 Å². The lowest BCUT2D eigenvalue weighted by molar-refractivity contribution is 0.0180. The third kappa shape index (κ3) is 7.48. The van der Waals surface area contributed by atoms with Crippen molar-refractivity contribution in [2.75, 3.05) is 0 Å². The highest BCUT2D eigenvalue weighted by Gasteiger charge is 2.65. The molecule has 0 spiro atoms. The molecule has 0 amide bonds. The van der Waals surface area contributed by atoms with Gasteiger partial charge in [-0.05, 0) is 316 Å². The topological polar surface area (TPSA) is 0 Å². The van der Waals surface area contributed by atoms with E-state index in [-0.39, 0.29) is 15.8 Å². The molecule has 16 aliphatic carbocycles. The van der Waals surface area contributed by atoms with Crippen LogP contribution in [-0.2, 0) is 25.2 Å². The third-order valence-corrected chi connectivity index (χ3v) is 32.3. The monoisotopic (exact) mass is 943 g/mol. The lowest BCUT2D eigenvalue weighted by atomic mass is 9.55. The zero-order chi connectivity index (χ0) is 45.0. The van der Waals surface area contributed by atoms with Crippen LogP contribution >= 0.6 is 15.8 Å². The van der Waals surface area contributed by atoms with Crippen molar-refractivity contribution in [2.45, 2.75) is 226 Å². The molecule has 0 nitrogen and oxygen atoms in total. The molecule has 0 N–H and O–H groups in total. The Morgan fingerprint density at radius 1 is 0.353 bits per heavy atom. The maximum atomic E-state index is 3.09. The van der Waals surface area contributed by atoms with E-state index in [1.807, 2.05) is 11.1 Å². The standard InChI is InChI=1S/C66H88P2/c1-43(13-45-9-5-3-6-10-45)61-27-59(41-67(63-29-47-15-48(30-63)17-49(16-47)31-63)64-32-50-18-51(33-64)20-52(19-50)34-64)60(28-62(61)44(2)14-46-11-7-4-8-12-46)42-68(65-35-53-21-54(36-65)23-55(22-53)37-65)66-38-56-24-57(39-66)26-58(25-56)40-66/h3-12,27-28,43-44,47-58H,13-26,29-42H2,1-2H3. The highest BCUT2D eigenvalue weighted by molar-refractivity contribution is 7.60. The molecule has 16 aliphatic rings. The van der Waals surface area contributed by atoms with Crippen LogP contribution in [0, 0.1) is 71.0 Å². The molecule has 16 saturated carbocycles. The fourth-order valence-corrected chi connectivity index (χ4v) is 34.0. The van der Waals surface area contributed by atoms with E-state index in [1.54, 1.807) is 165 Å². The van der Waals surface area contributed by atoms with E-state index in [0.29, 0.717) is 32.5 Å². The predicted molar refractivity (Wildman–Crippen MR) is 288 cm³/mol. The average molecular weight is 943 g/mol. The molecule has 0 heterocycles. The third-order valence-electron chi connectivity index (χ3n) is 24.2. The van der Waals surface area contributed by atoms with E-state index in [9.17, 15) is 0 Å². The Morgan fingerprint density at radius 2 is 0.574 bits per heavy atom. The molecular weight excluding hydrogens is 855 g/mol. The smallest absolute Gasteiger partial charge is 0.00601 e. The maximum absolute atomic E-state index is 3.09. The first-order valence-electron chi connectivity index (χ1n) is 29.9. The molecular formula is C66H88P2. The second kappa shape index (κ2) is 16.5. The van der Waals surface area contributed by atoms with Crippen molar-refractivity contribution in [1.82, 2.24) is 0 Å². The van der Waals surface area contributed by atoms with Gasteiger partial charge in [-0.1, -0.05) is 102 Å². The fourth-order valence-electron chi connectivity index (χ4n) is 23.6. The highest BCUT2D eigenvalue weighted by atomic mass is 31.1. The minimum atomic E-state index is -0.118. The summed E-state index contributed by atoms with van der Waals surface area (Å²) in [6, 6.07) is 29.6. The van der Waals surface area contributed by atoms with Crippen LogP contribution in [-0.4, -0.2) is 20.6 Å². The number of hydrogen-bond acceptors (Lipinski definition) is 0. The van der Waals surface area contributed by atoms with Crippen molar-refractivity contribution in [3.8, 4) is 0 Å². The Labute approximate surface area is 416 Å². The molecule has 68 heavy (non-hydrogen) atoms. The summed E-state index contributed by atoms with van der Waals surface area (Å²) < 4.78 is 0. The van der Waals surface area contributed by atoms with E-state index in [2.05, 4.69) is 86.6 Å². The van der Waals surface area contributed by atoms with Gasteiger partial charge in [-0.15, -0.1) is 0 Å².